The highest BCUT2D eigenvalue weighted by molar-refractivity contribution is 5.73. The maximum Gasteiger partial charge on any atom is 0.121 e. The average molecular weight is 337 g/mol. The van der Waals surface area contributed by atoms with Crippen LogP contribution in [0.25, 0.3) is 11.0 Å². The van der Waals surface area contributed by atoms with Gasteiger partial charge < -0.3 is 5.11 Å². The van der Waals surface area contributed by atoms with Crippen molar-refractivity contribution < 1.29 is 5.11 Å². The van der Waals surface area contributed by atoms with Gasteiger partial charge in [0.1, 0.15) is 16.8 Å². The number of aromatic nitrogens is 3. The highest BCUT2D eigenvalue weighted by Crippen LogP contribution is 2.37. The van der Waals surface area contributed by atoms with E-state index in [1.54, 1.807) is 4.80 Å². The molecule has 4 nitrogen and oxygen atoms in total. The van der Waals surface area contributed by atoms with E-state index >= 15 is 0 Å². The van der Waals surface area contributed by atoms with Crippen LogP contribution < -0.4 is 0 Å². The molecule has 0 fully saturated rings. The van der Waals surface area contributed by atoms with Crippen molar-refractivity contribution in [1.82, 2.24) is 15.0 Å². The molecule has 0 unspecified atom stereocenters. The lowest BCUT2D eigenvalue weighted by atomic mass is 9.72. The second-order valence-electron chi connectivity index (χ2n) is 8.68. The Kier molecular flexibility index (Phi) is 4.31. The van der Waals surface area contributed by atoms with Crippen molar-refractivity contribution in [1.29, 1.82) is 0 Å². The molecule has 2 aromatic carbocycles. The molecule has 0 bridgehead atoms. The van der Waals surface area contributed by atoms with E-state index in [1.807, 2.05) is 36.4 Å². The molecule has 0 aliphatic heterocycles. The minimum absolute atomic E-state index is 0.00684. The summed E-state index contributed by atoms with van der Waals surface area (Å²) in [5.41, 5.74) is 3.96. The van der Waals surface area contributed by atoms with Crippen molar-refractivity contribution in [3.8, 4) is 5.75 Å². The molecule has 132 valence electrons. The first-order valence-electron chi connectivity index (χ1n) is 8.76. The lowest BCUT2D eigenvalue weighted by Gasteiger charge is -2.33. The van der Waals surface area contributed by atoms with Gasteiger partial charge >= 0.3 is 0 Å². The number of aromatic hydroxyl groups is 1. The van der Waals surface area contributed by atoms with Crippen LogP contribution in [0.4, 0.5) is 0 Å². The first kappa shape index (κ1) is 17.5. The number of hydrogen-bond donors (Lipinski definition) is 1. The van der Waals surface area contributed by atoms with Gasteiger partial charge in [0.15, 0.2) is 0 Å². The summed E-state index contributed by atoms with van der Waals surface area (Å²) in [5, 5.41) is 19.4. The van der Waals surface area contributed by atoms with E-state index in [4.69, 9.17) is 0 Å². The predicted molar refractivity (Wildman–Crippen MR) is 102 cm³/mol. The van der Waals surface area contributed by atoms with Crippen LogP contribution >= 0.6 is 0 Å². The highest BCUT2D eigenvalue weighted by atomic mass is 16.3. The molecule has 0 amide bonds. The first-order chi connectivity index (χ1) is 11.6. The van der Waals surface area contributed by atoms with Crippen LogP contribution in [0, 0.1) is 5.41 Å². The highest BCUT2D eigenvalue weighted by Gasteiger charge is 2.27. The van der Waals surface area contributed by atoms with Gasteiger partial charge in [-0.1, -0.05) is 58.9 Å². The lowest BCUT2D eigenvalue weighted by Crippen LogP contribution is -2.24. The molecule has 0 atom stereocenters. The monoisotopic (exact) mass is 337 g/mol. The molecule has 0 saturated carbocycles. The SMILES string of the molecule is CC(C)(C)CC(C)(C)c1ccc(Cn2nc3ccccc3n2)c(O)c1. The summed E-state index contributed by atoms with van der Waals surface area (Å²) in [6.07, 6.45) is 1.05. The molecule has 0 aliphatic carbocycles. The summed E-state index contributed by atoms with van der Waals surface area (Å²) in [6.45, 7) is 11.7. The van der Waals surface area contributed by atoms with Crippen LogP contribution in [-0.2, 0) is 12.0 Å². The Morgan fingerprint density at radius 1 is 0.920 bits per heavy atom. The number of rotatable bonds is 4. The molecule has 4 heteroatoms. The van der Waals surface area contributed by atoms with Crippen LogP contribution in [-0.4, -0.2) is 20.1 Å². The van der Waals surface area contributed by atoms with Gasteiger partial charge in [-0.25, -0.2) is 0 Å². The Balaban J connectivity index is 1.84. The van der Waals surface area contributed by atoms with E-state index in [2.05, 4.69) is 50.9 Å². The van der Waals surface area contributed by atoms with Gasteiger partial charge in [-0.3, -0.25) is 0 Å². The third-order valence-corrected chi connectivity index (χ3v) is 4.48. The smallest absolute Gasteiger partial charge is 0.121 e. The van der Waals surface area contributed by atoms with E-state index in [0.717, 1.165) is 28.6 Å². The molecule has 25 heavy (non-hydrogen) atoms. The fraction of sp³-hybridized carbons (Fsp3) is 0.429. The van der Waals surface area contributed by atoms with Crippen molar-refractivity contribution in [3.63, 3.8) is 0 Å². The first-order valence-corrected chi connectivity index (χ1v) is 8.76. The topological polar surface area (TPSA) is 50.9 Å². The van der Waals surface area contributed by atoms with Gasteiger partial charge in [-0.2, -0.15) is 15.0 Å². The minimum atomic E-state index is 0.00684. The van der Waals surface area contributed by atoms with E-state index in [0.29, 0.717) is 12.3 Å². The van der Waals surface area contributed by atoms with Crippen LogP contribution in [0.3, 0.4) is 0 Å². The molecule has 1 N–H and O–H groups in total. The maximum atomic E-state index is 10.5. The molecule has 3 aromatic rings. The summed E-state index contributed by atoms with van der Waals surface area (Å²) < 4.78 is 0. The third kappa shape index (κ3) is 4.01. The summed E-state index contributed by atoms with van der Waals surface area (Å²) in [6, 6.07) is 13.8. The zero-order valence-corrected chi connectivity index (χ0v) is 15.7. The minimum Gasteiger partial charge on any atom is -0.508 e. The van der Waals surface area contributed by atoms with Gasteiger partial charge in [0, 0.05) is 5.56 Å². The maximum absolute atomic E-state index is 10.5. The zero-order valence-electron chi connectivity index (χ0n) is 15.7. The normalized spacial score (nSPS) is 12.7. The molecule has 0 spiro atoms. The average Bonchev–Trinajstić information content (AvgIpc) is 2.89. The Bertz CT molecular complexity index is 855. The number of hydrogen-bond acceptors (Lipinski definition) is 3. The van der Waals surface area contributed by atoms with Crippen LogP contribution in [0.1, 0.15) is 52.2 Å². The largest absolute Gasteiger partial charge is 0.508 e. The zero-order chi connectivity index (χ0) is 18.2. The standard InChI is InChI=1S/C21H27N3O/c1-20(2,3)14-21(4,5)16-11-10-15(19(25)12-16)13-24-22-17-8-6-7-9-18(17)23-24/h6-12,25H,13-14H2,1-5H3. The summed E-state index contributed by atoms with van der Waals surface area (Å²) in [5.74, 6) is 0.306. The summed E-state index contributed by atoms with van der Waals surface area (Å²) in [4.78, 5) is 1.64. The van der Waals surface area contributed by atoms with Gasteiger partial charge in [0.05, 0.1) is 6.54 Å². The second-order valence-corrected chi connectivity index (χ2v) is 8.68. The predicted octanol–water partition coefficient (Wildman–Crippen LogP) is 4.90. The molecule has 3 rings (SSSR count). The molecule has 1 aromatic heterocycles. The second kappa shape index (κ2) is 6.17. The Labute approximate surface area is 149 Å². The van der Waals surface area contributed by atoms with Gasteiger partial charge in [0.25, 0.3) is 0 Å². The van der Waals surface area contributed by atoms with Crippen LogP contribution in [0.15, 0.2) is 42.5 Å². The molecule has 0 aliphatic rings. The Hall–Kier alpha value is -2.36. The third-order valence-electron chi connectivity index (χ3n) is 4.48. The van der Waals surface area contributed by atoms with Crippen molar-refractivity contribution in [2.75, 3.05) is 0 Å². The summed E-state index contributed by atoms with van der Waals surface area (Å²) in [7, 11) is 0. The molecular formula is C21H27N3O. The summed E-state index contributed by atoms with van der Waals surface area (Å²) >= 11 is 0. The molecule has 0 radical (unpaired) electrons. The van der Waals surface area contributed by atoms with Gasteiger partial charge in [0.2, 0.25) is 0 Å². The van der Waals surface area contributed by atoms with Crippen molar-refractivity contribution in [2.24, 2.45) is 5.41 Å². The van der Waals surface area contributed by atoms with Crippen molar-refractivity contribution in [3.05, 3.63) is 53.6 Å². The quantitative estimate of drug-likeness (QED) is 0.737. The van der Waals surface area contributed by atoms with E-state index in [9.17, 15) is 5.11 Å². The van der Waals surface area contributed by atoms with E-state index in [1.165, 1.54) is 0 Å². The van der Waals surface area contributed by atoms with E-state index in [-0.39, 0.29) is 10.8 Å². The molecule has 0 saturated heterocycles. The van der Waals surface area contributed by atoms with Crippen LogP contribution in [0.2, 0.25) is 0 Å². The number of benzene rings is 2. The van der Waals surface area contributed by atoms with Crippen molar-refractivity contribution >= 4 is 11.0 Å². The number of fused-ring (bicyclic) bond motifs is 1. The number of phenols is 1. The van der Waals surface area contributed by atoms with Crippen molar-refractivity contribution in [2.45, 2.75) is 53.0 Å². The fourth-order valence-electron chi connectivity index (χ4n) is 3.67. The fourth-order valence-corrected chi connectivity index (χ4v) is 3.67. The molecular weight excluding hydrogens is 310 g/mol. The lowest BCUT2D eigenvalue weighted by molar-refractivity contribution is 0.283. The number of phenolic OH excluding ortho intramolecular Hbond substituents is 1. The van der Waals surface area contributed by atoms with Gasteiger partial charge in [-0.05, 0) is 41.0 Å². The van der Waals surface area contributed by atoms with E-state index < -0.39 is 0 Å². The van der Waals surface area contributed by atoms with Crippen LogP contribution in [0.5, 0.6) is 5.75 Å². The number of nitrogens with zero attached hydrogens (tertiary/aromatic N) is 3. The molecule has 1 heterocycles. The Morgan fingerprint density at radius 2 is 1.52 bits per heavy atom. The Morgan fingerprint density at radius 3 is 2.04 bits per heavy atom. The van der Waals surface area contributed by atoms with Gasteiger partial charge in [-0.15, -0.1) is 0 Å².